The SMILES string of the molecule is CC(O)CNNC1=CC(CCOC2C3Oc4c(cc5c(c4OCC(O)CC=O)C(=O)c4cc(CO)ccc4C5=O)C(c4ccccc4N4CNC5C(=O)NC(N)NC54)C(CCCO)COC4(CCCC4)C(O3)C(O)C2O)=CCN1. The minimum atomic E-state index is -1.65. The van der Waals surface area contributed by atoms with Crippen LogP contribution in [-0.2, 0) is 30.4 Å². The fourth-order valence-corrected chi connectivity index (χ4v) is 12.2. The molecule has 1 amide bonds. The molecule has 12 atom stereocenters. The Bertz CT molecular complexity index is 2810. The van der Waals surface area contributed by atoms with E-state index in [1.54, 1.807) is 19.1 Å². The number of aliphatic hydroxyl groups excluding tert-OH is 6. The van der Waals surface area contributed by atoms with Gasteiger partial charge in [0.05, 0.1) is 49.9 Å². The summed E-state index contributed by atoms with van der Waals surface area (Å²) in [6.45, 7) is 1.38. The van der Waals surface area contributed by atoms with Crippen LogP contribution >= 0.6 is 0 Å². The standard InChI is InChI=1S/C56H72N8O15/c1-29(68)24-60-63-40-22-30(12-17-58-40)14-20-75-50-46(72)47(73)51-56(15-4-5-16-56)77-26-32(7-6-18-65)41(35-8-2-3-9-39(35)64-28-59-43-52(64)61-55(57)62-53(43)74)38-23-37-42(45(71)36-21-31(25-67)10-11-34(36)44(37)70)49(48(38)78-54(50)79-51)76-27-33(69)13-19-66/h2-3,8-12,19,21-23,29,32-33,41,43,46-47,50-52,54-55,58-61,63,65,67-69,72-73H,4-7,13-18,20,24-28,57H2,1H3,(H,62,74). The van der Waals surface area contributed by atoms with E-state index in [2.05, 4.69) is 32.1 Å². The fraction of sp³-hybridized carbons (Fsp3) is 0.536. The summed E-state index contributed by atoms with van der Waals surface area (Å²) in [6.07, 6.45) is -3.77. The van der Waals surface area contributed by atoms with Gasteiger partial charge in [0.25, 0.3) is 0 Å². The van der Waals surface area contributed by atoms with Crippen LogP contribution in [-0.4, -0.2) is 168 Å². The number of hydrogen-bond acceptors (Lipinski definition) is 22. The molecule has 10 rings (SSSR count). The van der Waals surface area contributed by atoms with Crippen molar-refractivity contribution in [3.63, 3.8) is 0 Å². The maximum absolute atomic E-state index is 15.3. The Labute approximate surface area is 456 Å². The number of fused-ring (bicyclic) bond motifs is 7. The number of nitrogens with two attached hydrogens (primary N) is 1. The molecule has 5 aliphatic heterocycles. The Morgan fingerprint density at radius 1 is 1.00 bits per heavy atom. The minimum Gasteiger partial charge on any atom is -0.486 e. The van der Waals surface area contributed by atoms with Gasteiger partial charge < -0.3 is 80.1 Å². The molecule has 12 unspecified atom stereocenters. The summed E-state index contributed by atoms with van der Waals surface area (Å²) in [5.74, 6) is -2.81. The van der Waals surface area contributed by atoms with Crippen LogP contribution in [0.4, 0.5) is 5.69 Å². The number of dihydropyridines is 1. The zero-order chi connectivity index (χ0) is 55.5. The molecule has 3 saturated heterocycles. The fourth-order valence-electron chi connectivity index (χ4n) is 12.2. The van der Waals surface area contributed by atoms with E-state index in [4.69, 9.17) is 29.4 Å². The predicted molar refractivity (Wildman–Crippen MR) is 283 cm³/mol. The van der Waals surface area contributed by atoms with Crippen molar-refractivity contribution in [2.75, 3.05) is 51.1 Å². The summed E-state index contributed by atoms with van der Waals surface area (Å²) < 4.78 is 34.6. The lowest BCUT2D eigenvalue weighted by molar-refractivity contribution is -0.317. The minimum absolute atomic E-state index is 0.0169. The van der Waals surface area contributed by atoms with Gasteiger partial charge in [-0.25, -0.2) is 5.43 Å². The van der Waals surface area contributed by atoms with Crippen LogP contribution < -0.4 is 52.2 Å². The molecule has 5 heterocycles. The smallest absolute Gasteiger partial charge is 0.242 e. The molecule has 3 aromatic rings. The molecule has 3 aromatic carbocycles. The first kappa shape index (κ1) is 56.4. The first-order valence-corrected chi connectivity index (χ1v) is 27.3. The van der Waals surface area contributed by atoms with Gasteiger partial charge in [-0.1, -0.05) is 43.2 Å². The number of carbonyl (C=O) groups is 4. The molecule has 4 fully saturated rings. The first-order chi connectivity index (χ1) is 38.2. The van der Waals surface area contributed by atoms with Gasteiger partial charge >= 0.3 is 0 Å². The van der Waals surface area contributed by atoms with E-state index in [1.807, 2.05) is 41.3 Å². The van der Waals surface area contributed by atoms with Crippen LogP contribution in [0.5, 0.6) is 11.5 Å². The molecule has 2 bridgehead atoms. The quantitative estimate of drug-likeness (QED) is 0.0420. The Morgan fingerprint density at radius 3 is 2.58 bits per heavy atom. The summed E-state index contributed by atoms with van der Waals surface area (Å²) in [6, 6.07) is 12.9. The molecular weight excluding hydrogens is 1020 g/mol. The third-order valence-corrected chi connectivity index (χ3v) is 16.1. The van der Waals surface area contributed by atoms with E-state index in [-0.39, 0.29) is 84.6 Å². The molecule has 1 saturated carbocycles. The molecule has 0 aromatic heterocycles. The van der Waals surface area contributed by atoms with Crippen molar-refractivity contribution >= 4 is 29.4 Å². The predicted octanol–water partition coefficient (Wildman–Crippen LogP) is -0.383. The van der Waals surface area contributed by atoms with E-state index in [0.717, 1.165) is 5.57 Å². The van der Waals surface area contributed by atoms with Crippen LogP contribution in [0, 0.1) is 5.92 Å². The lowest BCUT2D eigenvalue weighted by atomic mass is 9.74. The lowest BCUT2D eigenvalue weighted by Crippen LogP contribution is -2.70. The number of amides is 1. The first-order valence-electron chi connectivity index (χ1n) is 27.3. The van der Waals surface area contributed by atoms with Crippen LogP contribution in [0.2, 0.25) is 0 Å². The Hall–Kier alpha value is -5.90. The second kappa shape index (κ2) is 24.4. The molecule has 0 radical (unpaired) electrons. The summed E-state index contributed by atoms with van der Waals surface area (Å²) in [5.41, 5.74) is 13.7. The summed E-state index contributed by atoms with van der Waals surface area (Å²) in [4.78, 5) is 57.7. The number of ether oxygens (including phenoxy) is 5. The van der Waals surface area contributed by atoms with Crippen molar-refractivity contribution in [3.8, 4) is 11.5 Å². The topological polar surface area (TPSA) is 337 Å². The van der Waals surface area contributed by atoms with Gasteiger partial charge in [0.2, 0.25) is 12.2 Å². The highest BCUT2D eigenvalue weighted by molar-refractivity contribution is 6.29. The van der Waals surface area contributed by atoms with Gasteiger partial charge in [-0.3, -0.25) is 30.8 Å². The Morgan fingerprint density at radius 2 is 1.81 bits per heavy atom. The normalized spacial score (nSPS) is 28.8. The van der Waals surface area contributed by atoms with Crippen molar-refractivity contribution in [1.82, 2.24) is 32.1 Å². The van der Waals surface area contributed by atoms with Crippen molar-refractivity contribution in [2.24, 2.45) is 11.7 Å². The Kier molecular flexibility index (Phi) is 17.4. The number of para-hydroxylation sites is 1. The number of anilines is 1. The molecule has 23 heteroatoms. The van der Waals surface area contributed by atoms with Crippen molar-refractivity contribution in [2.45, 2.75) is 138 Å². The summed E-state index contributed by atoms with van der Waals surface area (Å²) in [5, 5.41) is 79.1. The van der Waals surface area contributed by atoms with Gasteiger partial charge in [-0.05, 0) is 92.0 Å². The molecule has 23 nitrogen and oxygen atoms in total. The number of aldehydes is 1. The molecule has 79 heavy (non-hydrogen) atoms. The Balaban J connectivity index is 1.17. The number of ketones is 2. The van der Waals surface area contributed by atoms with Crippen LogP contribution in [0.3, 0.4) is 0 Å². The van der Waals surface area contributed by atoms with Crippen LogP contribution in [0.1, 0.15) is 113 Å². The second-order valence-electron chi connectivity index (χ2n) is 21.4. The highest BCUT2D eigenvalue weighted by atomic mass is 16.7. The number of nitrogens with zero attached hydrogens (tertiary/aromatic N) is 1. The lowest BCUT2D eigenvalue weighted by Gasteiger charge is -2.48. The van der Waals surface area contributed by atoms with Crippen molar-refractivity contribution in [1.29, 1.82) is 0 Å². The number of carbonyl (C=O) groups excluding carboxylic acids is 4. The monoisotopic (exact) mass is 1100 g/mol. The van der Waals surface area contributed by atoms with E-state index in [1.165, 1.54) is 12.1 Å². The van der Waals surface area contributed by atoms with E-state index < -0.39 is 104 Å². The van der Waals surface area contributed by atoms with Gasteiger partial charge in [0.15, 0.2) is 23.1 Å². The van der Waals surface area contributed by atoms with Gasteiger partial charge in [-0.2, -0.15) is 0 Å². The third kappa shape index (κ3) is 11.4. The van der Waals surface area contributed by atoms with Crippen LogP contribution in [0.25, 0.3) is 0 Å². The average molecular weight is 1100 g/mol. The summed E-state index contributed by atoms with van der Waals surface area (Å²) in [7, 11) is 0. The zero-order valence-corrected chi connectivity index (χ0v) is 44.0. The number of benzene rings is 3. The van der Waals surface area contributed by atoms with Crippen molar-refractivity contribution in [3.05, 3.63) is 111 Å². The second-order valence-corrected chi connectivity index (χ2v) is 21.4. The zero-order valence-electron chi connectivity index (χ0n) is 44.0. The number of hydrazine groups is 1. The molecule has 7 aliphatic rings. The number of hydrogen-bond donors (Lipinski definition) is 13. The number of rotatable bonds is 19. The molecule has 426 valence electrons. The number of allylic oxidation sites excluding steroid dienone is 1. The van der Waals surface area contributed by atoms with Gasteiger partial charge in [-0.15, -0.1) is 0 Å². The maximum Gasteiger partial charge on any atom is 0.242 e. The van der Waals surface area contributed by atoms with Gasteiger partial charge in [0, 0.05) is 60.0 Å². The number of nitrogens with one attached hydrogen (secondary N) is 6. The van der Waals surface area contributed by atoms with E-state index in [9.17, 15) is 40.2 Å². The molecule has 14 N–H and O–H groups in total. The average Bonchev–Trinajstić information content (AvgIpc) is 4.23. The van der Waals surface area contributed by atoms with E-state index >= 15 is 9.59 Å². The molecule has 1 spiro atoms. The molecular formula is C56H72N8O15. The highest BCUT2D eigenvalue weighted by Crippen LogP contribution is 2.53. The van der Waals surface area contributed by atoms with E-state index in [0.29, 0.717) is 80.5 Å². The van der Waals surface area contributed by atoms with Crippen LogP contribution in [0.15, 0.2) is 72.1 Å². The third-order valence-electron chi connectivity index (χ3n) is 16.1. The maximum atomic E-state index is 15.3. The van der Waals surface area contributed by atoms with Crippen molar-refractivity contribution < 1.29 is 73.5 Å². The highest BCUT2D eigenvalue weighted by Gasteiger charge is 2.57. The summed E-state index contributed by atoms with van der Waals surface area (Å²) >= 11 is 0. The number of aliphatic hydroxyl groups is 6. The largest absolute Gasteiger partial charge is 0.486 e. The van der Waals surface area contributed by atoms with Gasteiger partial charge in [0.1, 0.15) is 61.6 Å². The molecule has 2 aliphatic carbocycles.